The van der Waals surface area contributed by atoms with Crippen LogP contribution in [-0.4, -0.2) is 36.7 Å². The molecule has 4 rings (SSSR count). The predicted molar refractivity (Wildman–Crippen MR) is 112 cm³/mol. The molecule has 0 bridgehead atoms. The average Bonchev–Trinajstić information content (AvgIpc) is 3.43. The van der Waals surface area contributed by atoms with E-state index in [0.29, 0.717) is 30.4 Å². The van der Waals surface area contributed by atoms with Crippen LogP contribution in [0.25, 0.3) is 10.4 Å². The highest BCUT2D eigenvalue weighted by Crippen LogP contribution is 2.33. The van der Waals surface area contributed by atoms with Crippen molar-refractivity contribution in [3.05, 3.63) is 52.0 Å². The summed E-state index contributed by atoms with van der Waals surface area (Å²) in [6.07, 6.45) is -0.890. The highest BCUT2D eigenvalue weighted by molar-refractivity contribution is 7.16. The number of benzene rings is 1. The Morgan fingerprint density at radius 1 is 1.07 bits per heavy atom. The van der Waals surface area contributed by atoms with Gasteiger partial charge in [-0.2, -0.15) is 11.3 Å². The minimum absolute atomic E-state index is 0.0585. The third kappa shape index (κ3) is 4.58. The topological polar surface area (TPSA) is 96.9 Å². The van der Waals surface area contributed by atoms with E-state index in [1.807, 2.05) is 29.0 Å². The summed E-state index contributed by atoms with van der Waals surface area (Å²) in [5.41, 5.74) is 1.52. The number of rotatable bonds is 5. The lowest BCUT2D eigenvalue weighted by molar-refractivity contribution is -0.136. The number of nitrogens with one attached hydrogen (secondary N) is 2. The van der Waals surface area contributed by atoms with Gasteiger partial charge in [0.15, 0.2) is 11.5 Å². The Morgan fingerprint density at radius 3 is 2.69 bits per heavy atom. The maximum absolute atomic E-state index is 12.1. The maximum atomic E-state index is 12.1. The maximum Gasteiger partial charge on any atom is 0.313 e. The minimum atomic E-state index is -0.890. The molecule has 0 spiro atoms. The van der Waals surface area contributed by atoms with Gasteiger partial charge in [0.25, 0.3) is 0 Å². The number of amides is 2. The number of anilines is 1. The van der Waals surface area contributed by atoms with E-state index in [0.717, 1.165) is 15.3 Å². The quantitative estimate of drug-likeness (QED) is 0.541. The first-order valence-corrected chi connectivity index (χ1v) is 10.7. The van der Waals surface area contributed by atoms with Gasteiger partial charge < -0.3 is 25.2 Å². The number of thiophene rings is 2. The van der Waals surface area contributed by atoms with Gasteiger partial charge in [0, 0.05) is 33.6 Å². The Hall–Kier alpha value is -2.88. The molecule has 2 amide bonds. The summed E-state index contributed by atoms with van der Waals surface area (Å²) in [7, 11) is 0. The van der Waals surface area contributed by atoms with Crippen molar-refractivity contribution in [3.63, 3.8) is 0 Å². The van der Waals surface area contributed by atoms with Crippen LogP contribution in [0.4, 0.5) is 5.69 Å². The van der Waals surface area contributed by atoms with Gasteiger partial charge in [-0.15, -0.1) is 11.3 Å². The summed E-state index contributed by atoms with van der Waals surface area (Å²) in [5.74, 6) is -0.531. The second kappa shape index (κ2) is 8.64. The fourth-order valence-corrected chi connectivity index (χ4v) is 4.49. The van der Waals surface area contributed by atoms with Gasteiger partial charge in [0.1, 0.15) is 19.3 Å². The Bertz CT molecular complexity index is 1020. The van der Waals surface area contributed by atoms with E-state index in [-0.39, 0.29) is 6.54 Å². The zero-order valence-electron chi connectivity index (χ0n) is 15.2. The summed E-state index contributed by atoms with van der Waals surface area (Å²) in [5, 5.41) is 19.3. The second-order valence-electron chi connectivity index (χ2n) is 6.25. The average molecular weight is 431 g/mol. The van der Waals surface area contributed by atoms with Crippen LogP contribution in [0.5, 0.6) is 11.5 Å². The molecule has 29 heavy (non-hydrogen) atoms. The van der Waals surface area contributed by atoms with Gasteiger partial charge in [-0.25, -0.2) is 0 Å². The summed E-state index contributed by atoms with van der Waals surface area (Å²) < 4.78 is 10.9. The van der Waals surface area contributed by atoms with E-state index >= 15 is 0 Å². The SMILES string of the molecule is O=C(NCC(O)c1ccc(-c2ccsc2)s1)C(=O)Nc1ccc2c(c1)OCCO2. The molecule has 150 valence electrons. The predicted octanol–water partition coefficient (Wildman–Crippen LogP) is 3.04. The normalized spacial score (nSPS) is 13.6. The summed E-state index contributed by atoms with van der Waals surface area (Å²) in [6.45, 7) is 0.846. The van der Waals surface area contributed by atoms with E-state index in [4.69, 9.17) is 9.47 Å². The van der Waals surface area contributed by atoms with Gasteiger partial charge in [0.05, 0.1) is 0 Å². The number of fused-ring (bicyclic) bond motifs is 1. The van der Waals surface area contributed by atoms with Crippen LogP contribution < -0.4 is 20.1 Å². The molecule has 3 aromatic rings. The Balaban J connectivity index is 1.30. The molecule has 1 aliphatic rings. The van der Waals surface area contributed by atoms with Gasteiger partial charge in [-0.05, 0) is 41.1 Å². The lowest BCUT2D eigenvalue weighted by Crippen LogP contribution is -2.37. The van der Waals surface area contributed by atoms with E-state index in [9.17, 15) is 14.7 Å². The molecular weight excluding hydrogens is 412 g/mol. The third-order valence-electron chi connectivity index (χ3n) is 4.22. The largest absolute Gasteiger partial charge is 0.486 e. The molecule has 0 saturated carbocycles. The van der Waals surface area contributed by atoms with Crippen molar-refractivity contribution in [2.75, 3.05) is 25.1 Å². The molecule has 2 aromatic heterocycles. The van der Waals surface area contributed by atoms with E-state index in [2.05, 4.69) is 10.6 Å². The van der Waals surface area contributed by atoms with Crippen LogP contribution >= 0.6 is 22.7 Å². The fourth-order valence-electron chi connectivity index (χ4n) is 2.77. The highest BCUT2D eigenvalue weighted by Gasteiger charge is 2.19. The number of hydrogen-bond donors (Lipinski definition) is 3. The molecule has 1 aromatic carbocycles. The summed E-state index contributed by atoms with van der Waals surface area (Å²) in [4.78, 5) is 26.0. The molecule has 7 nitrogen and oxygen atoms in total. The van der Waals surface area contributed by atoms with Crippen LogP contribution in [0.1, 0.15) is 11.0 Å². The number of carbonyl (C=O) groups excluding carboxylic acids is 2. The lowest BCUT2D eigenvalue weighted by atomic mass is 10.2. The van der Waals surface area contributed by atoms with Gasteiger partial charge in [-0.1, -0.05) is 0 Å². The smallest absolute Gasteiger partial charge is 0.313 e. The van der Waals surface area contributed by atoms with Crippen molar-refractivity contribution in [1.29, 1.82) is 0 Å². The summed E-state index contributed by atoms with van der Waals surface area (Å²) >= 11 is 3.06. The molecule has 0 aliphatic carbocycles. The first kappa shape index (κ1) is 19.4. The molecule has 9 heteroatoms. The molecule has 1 unspecified atom stereocenters. The molecule has 3 heterocycles. The number of ether oxygens (including phenoxy) is 2. The molecule has 3 N–H and O–H groups in total. The molecular formula is C20H18N2O5S2. The first-order chi connectivity index (χ1) is 14.1. The van der Waals surface area contributed by atoms with Crippen LogP contribution in [0.15, 0.2) is 47.2 Å². The van der Waals surface area contributed by atoms with Crippen molar-refractivity contribution in [2.24, 2.45) is 0 Å². The number of aliphatic hydroxyl groups is 1. The van der Waals surface area contributed by atoms with E-state index < -0.39 is 17.9 Å². The Labute approximate surface area is 174 Å². The molecule has 0 radical (unpaired) electrons. The minimum Gasteiger partial charge on any atom is -0.486 e. The molecule has 1 atom stereocenters. The van der Waals surface area contributed by atoms with Crippen LogP contribution in [0.3, 0.4) is 0 Å². The van der Waals surface area contributed by atoms with Crippen LogP contribution in [0.2, 0.25) is 0 Å². The van der Waals surface area contributed by atoms with Crippen molar-refractivity contribution in [3.8, 4) is 21.9 Å². The van der Waals surface area contributed by atoms with Gasteiger partial charge >= 0.3 is 11.8 Å². The van der Waals surface area contributed by atoms with Crippen LogP contribution in [-0.2, 0) is 9.59 Å². The Morgan fingerprint density at radius 2 is 1.90 bits per heavy atom. The van der Waals surface area contributed by atoms with E-state index in [1.54, 1.807) is 29.5 Å². The molecule has 1 aliphatic heterocycles. The highest BCUT2D eigenvalue weighted by atomic mass is 32.1. The lowest BCUT2D eigenvalue weighted by Gasteiger charge is -2.19. The summed E-state index contributed by atoms with van der Waals surface area (Å²) in [6, 6.07) is 10.7. The molecule has 0 saturated heterocycles. The van der Waals surface area contributed by atoms with Crippen molar-refractivity contribution in [2.45, 2.75) is 6.10 Å². The van der Waals surface area contributed by atoms with E-state index in [1.165, 1.54) is 11.3 Å². The number of carbonyl (C=O) groups is 2. The monoisotopic (exact) mass is 430 g/mol. The standard InChI is InChI=1S/C20H18N2O5S2/c23-14(18-4-3-17(29-18)12-5-8-28-11-12)10-21-19(24)20(25)22-13-1-2-15-16(9-13)27-7-6-26-15/h1-5,8-9,11,14,23H,6-7,10H2,(H,21,24)(H,22,25). The van der Waals surface area contributed by atoms with Gasteiger partial charge in [0.2, 0.25) is 0 Å². The second-order valence-corrected chi connectivity index (χ2v) is 8.15. The molecule has 0 fully saturated rings. The number of aliphatic hydroxyl groups excluding tert-OH is 1. The van der Waals surface area contributed by atoms with Gasteiger partial charge in [-0.3, -0.25) is 9.59 Å². The fraction of sp³-hybridized carbons (Fsp3) is 0.200. The van der Waals surface area contributed by atoms with Crippen LogP contribution in [0, 0.1) is 0 Å². The third-order valence-corrected chi connectivity index (χ3v) is 6.14. The van der Waals surface area contributed by atoms with Crippen molar-refractivity contribution >= 4 is 40.2 Å². The van der Waals surface area contributed by atoms with Crippen molar-refractivity contribution < 1.29 is 24.2 Å². The number of hydrogen-bond acceptors (Lipinski definition) is 7. The zero-order chi connectivity index (χ0) is 20.2. The Kier molecular flexibility index (Phi) is 5.79. The zero-order valence-corrected chi connectivity index (χ0v) is 16.8. The van der Waals surface area contributed by atoms with Crippen molar-refractivity contribution in [1.82, 2.24) is 5.32 Å². The first-order valence-electron chi connectivity index (χ1n) is 8.89.